The minimum atomic E-state index is 0.647. The summed E-state index contributed by atoms with van der Waals surface area (Å²) in [4.78, 5) is 2.63. The van der Waals surface area contributed by atoms with Gasteiger partial charge in [0.15, 0.2) is 0 Å². The van der Waals surface area contributed by atoms with Crippen LogP contribution in [0.4, 0.5) is 0 Å². The van der Waals surface area contributed by atoms with Crippen molar-refractivity contribution in [3.05, 3.63) is 35.4 Å². The largest absolute Gasteiger partial charge is 0.312 e. The maximum Gasteiger partial charge on any atom is 0.0239 e. The highest BCUT2D eigenvalue weighted by atomic mass is 15.2. The molecule has 1 aliphatic carbocycles. The fourth-order valence-electron chi connectivity index (χ4n) is 3.49. The van der Waals surface area contributed by atoms with E-state index in [4.69, 9.17) is 0 Å². The third kappa shape index (κ3) is 3.18. The molecule has 0 bridgehead atoms. The molecular formula is C17H26N2. The van der Waals surface area contributed by atoms with E-state index in [2.05, 4.69) is 41.4 Å². The predicted molar refractivity (Wildman–Crippen MR) is 80.3 cm³/mol. The van der Waals surface area contributed by atoms with E-state index in [1.165, 1.54) is 44.2 Å². The lowest BCUT2D eigenvalue weighted by Gasteiger charge is -2.34. The molecule has 0 aromatic heterocycles. The van der Waals surface area contributed by atoms with Crippen molar-refractivity contribution in [2.24, 2.45) is 0 Å². The Balaban J connectivity index is 1.52. The van der Waals surface area contributed by atoms with Crippen molar-refractivity contribution < 1.29 is 0 Å². The molecule has 0 spiro atoms. The van der Waals surface area contributed by atoms with Gasteiger partial charge in [0.1, 0.15) is 0 Å². The number of benzene rings is 1. The van der Waals surface area contributed by atoms with Crippen LogP contribution in [0.2, 0.25) is 0 Å². The first-order chi connectivity index (χ1) is 9.33. The minimum Gasteiger partial charge on any atom is -0.312 e. The summed E-state index contributed by atoms with van der Waals surface area (Å²) < 4.78 is 0. The third-order valence-electron chi connectivity index (χ3n) is 4.84. The zero-order valence-corrected chi connectivity index (χ0v) is 12.1. The zero-order chi connectivity index (χ0) is 13.1. The highest BCUT2D eigenvalue weighted by Gasteiger charge is 2.21. The lowest BCUT2D eigenvalue weighted by molar-refractivity contribution is 0.183. The van der Waals surface area contributed by atoms with E-state index in [9.17, 15) is 0 Å². The van der Waals surface area contributed by atoms with Crippen LogP contribution in [-0.2, 0) is 13.0 Å². The van der Waals surface area contributed by atoms with Crippen molar-refractivity contribution in [1.29, 1.82) is 0 Å². The Morgan fingerprint density at radius 3 is 2.74 bits per heavy atom. The Morgan fingerprint density at radius 2 is 1.95 bits per heavy atom. The standard InChI is InChI=1S/C17H26N2/c1-14(12-18-17-8-4-5-9-17)19-11-10-15-6-2-3-7-16(15)13-19/h2-3,6-7,14,17-18H,4-5,8-13H2,1H3. The lowest BCUT2D eigenvalue weighted by atomic mass is 9.99. The monoisotopic (exact) mass is 258 g/mol. The van der Waals surface area contributed by atoms with Crippen molar-refractivity contribution in [3.8, 4) is 0 Å². The van der Waals surface area contributed by atoms with E-state index >= 15 is 0 Å². The summed E-state index contributed by atoms with van der Waals surface area (Å²) in [6.07, 6.45) is 6.82. The molecule has 1 atom stereocenters. The first-order valence-corrected chi connectivity index (χ1v) is 7.87. The van der Waals surface area contributed by atoms with Gasteiger partial charge in [-0.15, -0.1) is 0 Å². The van der Waals surface area contributed by atoms with E-state index in [1.54, 1.807) is 5.56 Å². The quantitative estimate of drug-likeness (QED) is 0.893. The summed E-state index contributed by atoms with van der Waals surface area (Å²) in [5.41, 5.74) is 3.08. The fourth-order valence-corrected chi connectivity index (χ4v) is 3.49. The van der Waals surface area contributed by atoms with E-state index in [1.807, 2.05) is 0 Å². The molecular weight excluding hydrogens is 232 g/mol. The molecule has 0 amide bonds. The summed E-state index contributed by atoms with van der Waals surface area (Å²) in [5, 5.41) is 3.76. The summed E-state index contributed by atoms with van der Waals surface area (Å²) >= 11 is 0. The Bertz CT molecular complexity index is 409. The van der Waals surface area contributed by atoms with Crippen LogP contribution in [0.25, 0.3) is 0 Å². The van der Waals surface area contributed by atoms with Crippen LogP contribution < -0.4 is 5.32 Å². The van der Waals surface area contributed by atoms with Crippen molar-refractivity contribution in [2.45, 2.75) is 57.7 Å². The van der Waals surface area contributed by atoms with Crippen LogP contribution in [0.15, 0.2) is 24.3 Å². The van der Waals surface area contributed by atoms with Crippen LogP contribution in [0.5, 0.6) is 0 Å². The number of hydrogen-bond acceptors (Lipinski definition) is 2. The molecule has 1 saturated carbocycles. The van der Waals surface area contributed by atoms with Gasteiger partial charge in [0.05, 0.1) is 0 Å². The smallest absolute Gasteiger partial charge is 0.0239 e. The molecule has 2 aliphatic rings. The first kappa shape index (κ1) is 13.1. The van der Waals surface area contributed by atoms with Gasteiger partial charge in [-0.05, 0) is 37.3 Å². The second-order valence-electron chi connectivity index (χ2n) is 6.23. The van der Waals surface area contributed by atoms with Gasteiger partial charge in [0, 0.05) is 31.7 Å². The first-order valence-electron chi connectivity index (χ1n) is 7.87. The number of fused-ring (bicyclic) bond motifs is 1. The van der Waals surface area contributed by atoms with Crippen molar-refractivity contribution in [3.63, 3.8) is 0 Å². The highest BCUT2D eigenvalue weighted by molar-refractivity contribution is 5.29. The Morgan fingerprint density at radius 1 is 1.21 bits per heavy atom. The number of nitrogens with one attached hydrogen (secondary N) is 1. The van der Waals surface area contributed by atoms with Gasteiger partial charge in [0.2, 0.25) is 0 Å². The van der Waals surface area contributed by atoms with Gasteiger partial charge >= 0.3 is 0 Å². The van der Waals surface area contributed by atoms with E-state index in [0.717, 1.165) is 19.1 Å². The van der Waals surface area contributed by atoms with Gasteiger partial charge in [-0.3, -0.25) is 4.90 Å². The van der Waals surface area contributed by atoms with Gasteiger partial charge in [0.25, 0.3) is 0 Å². The zero-order valence-electron chi connectivity index (χ0n) is 12.1. The lowest BCUT2D eigenvalue weighted by Crippen LogP contribution is -2.44. The molecule has 1 aromatic rings. The molecule has 1 N–H and O–H groups in total. The van der Waals surface area contributed by atoms with E-state index in [-0.39, 0.29) is 0 Å². The van der Waals surface area contributed by atoms with Gasteiger partial charge in [-0.25, -0.2) is 0 Å². The summed E-state index contributed by atoms with van der Waals surface area (Å²) in [5.74, 6) is 0. The van der Waals surface area contributed by atoms with Crippen molar-refractivity contribution in [2.75, 3.05) is 13.1 Å². The van der Waals surface area contributed by atoms with Gasteiger partial charge in [-0.2, -0.15) is 0 Å². The van der Waals surface area contributed by atoms with Crippen molar-refractivity contribution >= 4 is 0 Å². The molecule has 1 fully saturated rings. The summed E-state index contributed by atoms with van der Waals surface area (Å²) in [6.45, 7) is 5.86. The topological polar surface area (TPSA) is 15.3 Å². The molecule has 1 aromatic carbocycles. The number of rotatable bonds is 4. The average Bonchev–Trinajstić information content (AvgIpc) is 2.97. The highest BCUT2D eigenvalue weighted by Crippen LogP contribution is 2.21. The van der Waals surface area contributed by atoms with E-state index in [0.29, 0.717) is 6.04 Å². The fraction of sp³-hybridized carbons (Fsp3) is 0.647. The number of nitrogens with zero attached hydrogens (tertiary/aromatic N) is 1. The maximum absolute atomic E-state index is 3.76. The summed E-state index contributed by atoms with van der Waals surface area (Å²) in [6, 6.07) is 10.4. The molecule has 19 heavy (non-hydrogen) atoms. The molecule has 1 unspecified atom stereocenters. The molecule has 2 heteroatoms. The molecule has 1 aliphatic heterocycles. The van der Waals surface area contributed by atoms with Crippen LogP contribution >= 0.6 is 0 Å². The number of hydrogen-bond donors (Lipinski definition) is 1. The van der Waals surface area contributed by atoms with Gasteiger partial charge in [-0.1, -0.05) is 37.1 Å². The van der Waals surface area contributed by atoms with Crippen LogP contribution in [0.3, 0.4) is 0 Å². The van der Waals surface area contributed by atoms with Gasteiger partial charge < -0.3 is 5.32 Å². The minimum absolute atomic E-state index is 0.647. The van der Waals surface area contributed by atoms with Crippen LogP contribution in [-0.4, -0.2) is 30.1 Å². The average molecular weight is 258 g/mol. The second kappa shape index (κ2) is 6.06. The molecule has 3 rings (SSSR count). The third-order valence-corrected chi connectivity index (χ3v) is 4.84. The van der Waals surface area contributed by atoms with Crippen LogP contribution in [0, 0.1) is 0 Å². The second-order valence-corrected chi connectivity index (χ2v) is 6.23. The molecule has 2 nitrogen and oxygen atoms in total. The normalized spacial score (nSPS) is 22.4. The Hall–Kier alpha value is -0.860. The molecule has 0 saturated heterocycles. The van der Waals surface area contributed by atoms with E-state index < -0.39 is 0 Å². The predicted octanol–water partition coefficient (Wildman–Crippen LogP) is 2.97. The van der Waals surface area contributed by atoms with Crippen molar-refractivity contribution in [1.82, 2.24) is 10.2 Å². The SMILES string of the molecule is CC(CNC1CCCC1)N1CCc2ccccc2C1. The Labute approximate surface area is 117 Å². The van der Waals surface area contributed by atoms with Crippen LogP contribution in [0.1, 0.15) is 43.7 Å². The molecule has 0 radical (unpaired) electrons. The molecule has 1 heterocycles. The summed E-state index contributed by atoms with van der Waals surface area (Å²) in [7, 11) is 0. The molecule has 104 valence electrons. The maximum atomic E-state index is 3.76. The Kier molecular flexibility index (Phi) is 4.19.